The second kappa shape index (κ2) is 6.77. The summed E-state index contributed by atoms with van der Waals surface area (Å²) in [5.41, 5.74) is 0.337. The molecule has 0 N–H and O–H groups in total. The lowest BCUT2D eigenvalue weighted by molar-refractivity contribution is -0.157. The number of carbonyl (C=O) groups excluding carboxylic acids is 1. The van der Waals surface area contributed by atoms with Gasteiger partial charge in [-0.15, -0.1) is 0 Å². The summed E-state index contributed by atoms with van der Waals surface area (Å²) < 4.78 is 11.1. The van der Waals surface area contributed by atoms with Gasteiger partial charge in [0.15, 0.2) is 0 Å². The average molecular weight is 345 g/mol. The van der Waals surface area contributed by atoms with Crippen LogP contribution in [0.2, 0.25) is 10.0 Å². The van der Waals surface area contributed by atoms with Crippen LogP contribution in [-0.2, 0) is 20.9 Å². The molecule has 0 heterocycles. The number of ether oxygens (including phenoxy) is 2. The summed E-state index contributed by atoms with van der Waals surface area (Å²) in [4.78, 5) is 12.1. The molecule has 5 heteroatoms. The van der Waals surface area contributed by atoms with Crippen molar-refractivity contribution in [2.75, 3.05) is 6.61 Å². The first-order valence-electron chi connectivity index (χ1n) is 7.44. The van der Waals surface area contributed by atoms with Gasteiger partial charge < -0.3 is 9.47 Å². The first-order chi connectivity index (χ1) is 10.2. The standard InChI is InChI=1S/C17H22Cl2O3/c1-10-11(15(10)16(20)22-17(2,3)4)8-21-9-12-13(18)6-5-7-14(12)19/h5-7,10-11,15H,8-9H2,1-4H3. The maximum Gasteiger partial charge on any atom is 0.310 e. The highest BCUT2D eigenvalue weighted by molar-refractivity contribution is 6.35. The number of carbonyl (C=O) groups is 1. The second-order valence-corrected chi connectivity index (χ2v) is 7.61. The van der Waals surface area contributed by atoms with E-state index in [1.54, 1.807) is 18.2 Å². The lowest BCUT2D eigenvalue weighted by Gasteiger charge is -2.19. The number of hydrogen-bond donors (Lipinski definition) is 0. The summed E-state index contributed by atoms with van der Waals surface area (Å²) in [5, 5.41) is 1.19. The van der Waals surface area contributed by atoms with Crippen LogP contribution in [0.5, 0.6) is 0 Å². The molecular weight excluding hydrogens is 323 g/mol. The van der Waals surface area contributed by atoms with Crippen molar-refractivity contribution < 1.29 is 14.3 Å². The summed E-state index contributed by atoms with van der Waals surface area (Å²) in [6.45, 7) is 8.54. The van der Waals surface area contributed by atoms with Crippen LogP contribution in [0.25, 0.3) is 0 Å². The largest absolute Gasteiger partial charge is 0.460 e. The zero-order chi connectivity index (χ0) is 16.5. The van der Waals surface area contributed by atoms with Crippen LogP contribution < -0.4 is 0 Å². The Bertz CT molecular complexity index is 531. The number of hydrogen-bond acceptors (Lipinski definition) is 3. The molecule has 1 aromatic carbocycles. The van der Waals surface area contributed by atoms with Crippen molar-refractivity contribution in [3.63, 3.8) is 0 Å². The van der Waals surface area contributed by atoms with Crippen molar-refractivity contribution in [3.05, 3.63) is 33.8 Å². The first kappa shape index (κ1) is 17.6. The third-order valence-corrected chi connectivity index (χ3v) is 4.57. The molecule has 2 rings (SSSR count). The molecule has 1 aliphatic carbocycles. The number of halogens is 2. The van der Waals surface area contributed by atoms with Gasteiger partial charge in [0, 0.05) is 15.6 Å². The molecule has 0 bridgehead atoms. The van der Waals surface area contributed by atoms with Crippen LogP contribution in [0.3, 0.4) is 0 Å². The Labute approximate surface area is 141 Å². The van der Waals surface area contributed by atoms with E-state index in [0.717, 1.165) is 5.56 Å². The van der Waals surface area contributed by atoms with E-state index in [1.807, 2.05) is 27.7 Å². The summed E-state index contributed by atoms with van der Waals surface area (Å²) >= 11 is 12.2. The highest BCUT2D eigenvalue weighted by Crippen LogP contribution is 2.47. The normalized spacial score (nSPS) is 24.2. The molecule has 0 amide bonds. The fraction of sp³-hybridized carbons (Fsp3) is 0.588. The maximum absolute atomic E-state index is 12.1. The van der Waals surface area contributed by atoms with Gasteiger partial charge in [-0.05, 0) is 44.7 Å². The van der Waals surface area contributed by atoms with E-state index < -0.39 is 5.60 Å². The molecule has 22 heavy (non-hydrogen) atoms. The minimum Gasteiger partial charge on any atom is -0.460 e. The van der Waals surface area contributed by atoms with Crippen LogP contribution in [0.4, 0.5) is 0 Å². The van der Waals surface area contributed by atoms with Crippen molar-refractivity contribution in [1.29, 1.82) is 0 Å². The topological polar surface area (TPSA) is 35.5 Å². The van der Waals surface area contributed by atoms with Crippen LogP contribution in [0.15, 0.2) is 18.2 Å². The smallest absolute Gasteiger partial charge is 0.310 e. The van der Waals surface area contributed by atoms with Crippen LogP contribution in [-0.4, -0.2) is 18.2 Å². The molecule has 1 aliphatic rings. The molecule has 3 unspecified atom stereocenters. The van der Waals surface area contributed by atoms with Gasteiger partial charge in [0.25, 0.3) is 0 Å². The lowest BCUT2D eigenvalue weighted by atomic mass is 10.2. The fourth-order valence-corrected chi connectivity index (χ4v) is 3.03. The van der Waals surface area contributed by atoms with Crippen molar-refractivity contribution in [2.24, 2.45) is 17.8 Å². The van der Waals surface area contributed by atoms with Gasteiger partial charge in [-0.25, -0.2) is 0 Å². The zero-order valence-electron chi connectivity index (χ0n) is 13.4. The van der Waals surface area contributed by atoms with Gasteiger partial charge in [0.05, 0.1) is 19.1 Å². The number of esters is 1. The monoisotopic (exact) mass is 344 g/mol. The second-order valence-electron chi connectivity index (χ2n) is 6.80. The van der Waals surface area contributed by atoms with Gasteiger partial charge in [0.2, 0.25) is 0 Å². The van der Waals surface area contributed by atoms with Crippen molar-refractivity contribution >= 4 is 29.2 Å². The zero-order valence-corrected chi connectivity index (χ0v) is 14.9. The molecule has 0 radical (unpaired) electrons. The Morgan fingerprint density at radius 2 is 1.82 bits per heavy atom. The number of rotatable bonds is 5. The molecule has 3 atom stereocenters. The quantitative estimate of drug-likeness (QED) is 0.724. The van der Waals surface area contributed by atoms with E-state index in [2.05, 4.69) is 0 Å². The third-order valence-electron chi connectivity index (χ3n) is 3.86. The van der Waals surface area contributed by atoms with E-state index >= 15 is 0 Å². The molecule has 1 aromatic rings. The minimum absolute atomic E-state index is 0.0686. The first-order valence-corrected chi connectivity index (χ1v) is 8.20. The maximum atomic E-state index is 12.1. The van der Waals surface area contributed by atoms with E-state index in [0.29, 0.717) is 23.3 Å². The van der Waals surface area contributed by atoms with E-state index in [4.69, 9.17) is 32.7 Å². The molecular formula is C17H22Cl2O3. The summed E-state index contributed by atoms with van der Waals surface area (Å²) in [7, 11) is 0. The lowest BCUT2D eigenvalue weighted by Crippen LogP contribution is -2.25. The van der Waals surface area contributed by atoms with Crippen molar-refractivity contribution in [1.82, 2.24) is 0 Å². The SMILES string of the molecule is CC1C(COCc2c(Cl)cccc2Cl)C1C(=O)OC(C)(C)C. The molecule has 0 saturated heterocycles. The predicted octanol–water partition coefficient (Wildman–Crippen LogP) is 4.73. The van der Waals surface area contributed by atoms with Gasteiger partial charge >= 0.3 is 5.97 Å². The Kier molecular flexibility index (Phi) is 5.41. The van der Waals surface area contributed by atoms with Crippen LogP contribution in [0.1, 0.15) is 33.3 Å². The van der Waals surface area contributed by atoms with Gasteiger partial charge in [-0.3, -0.25) is 4.79 Å². The summed E-state index contributed by atoms with van der Waals surface area (Å²) in [5.74, 6) is 0.290. The molecule has 3 nitrogen and oxygen atoms in total. The number of benzene rings is 1. The van der Waals surface area contributed by atoms with Gasteiger partial charge in [0.1, 0.15) is 5.60 Å². The summed E-state index contributed by atoms with van der Waals surface area (Å²) in [6, 6.07) is 5.38. The van der Waals surface area contributed by atoms with Crippen LogP contribution >= 0.6 is 23.2 Å². The Hall–Kier alpha value is -0.770. The van der Waals surface area contributed by atoms with E-state index in [-0.39, 0.29) is 23.7 Å². The summed E-state index contributed by atoms with van der Waals surface area (Å²) in [6.07, 6.45) is 0. The third kappa shape index (κ3) is 4.37. The van der Waals surface area contributed by atoms with Crippen LogP contribution in [0, 0.1) is 17.8 Å². The Balaban J connectivity index is 1.82. The minimum atomic E-state index is -0.449. The highest BCUT2D eigenvalue weighted by Gasteiger charge is 2.53. The van der Waals surface area contributed by atoms with Crippen molar-refractivity contribution in [2.45, 2.75) is 39.9 Å². The molecule has 0 aromatic heterocycles. The van der Waals surface area contributed by atoms with Crippen molar-refractivity contribution in [3.8, 4) is 0 Å². The predicted molar refractivity (Wildman–Crippen MR) is 88.1 cm³/mol. The average Bonchev–Trinajstić information content (AvgIpc) is 3.01. The molecule has 122 valence electrons. The molecule has 0 aliphatic heterocycles. The molecule has 0 spiro atoms. The fourth-order valence-electron chi connectivity index (χ4n) is 2.53. The van der Waals surface area contributed by atoms with Gasteiger partial charge in [-0.2, -0.15) is 0 Å². The molecule has 1 saturated carbocycles. The highest BCUT2D eigenvalue weighted by atomic mass is 35.5. The molecule has 1 fully saturated rings. The van der Waals surface area contributed by atoms with E-state index in [1.165, 1.54) is 0 Å². The Morgan fingerprint density at radius 1 is 1.23 bits per heavy atom. The van der Waals surface area contributed by atoms with Gasteiger partial charge in [-0.1, -0.05) is 36.2 Å². The Morgan fingerprint density at radius 3 is 2.36 bits per heavy atom. The van der Waals surface area contributed by atoms with E-state index in [9.17, 15) is 4.79 Å².